The van der Waals surface area contributed by atoms with Gasteiger partial charge in [-0.3, -0.25) is 4.57 Å². The van der Waals surface area contributed by atoms with Gasteiger partial charge in [0.05, 0.1) is 0 Å². The van der Waals surface area contributed by atoms with Crippen molar-refractivity contribution in [2.24, 2.45) is 0 Å². The molecule has 0 aliphatic carbocycles. The maximum absolute atomic E-state index is 11.5. The van der Waals surface area contributed by atoms with Crippen LogP contribution in [0.15, 0.2) is 5.16 Å². The zero-order valence-electron chi connectivity index (χ0n) is 11.4. The van der Waals surface area contributed by atoms with Crippen molar-refractivity contribution in [2.45, 2.75) is 50.9 Å². The van der Waals surface area contributed by atoms with Gasteiger partial charge in [0.15, 0.2) is 5.82 Å². The zero-order valence-corrected chi connectivity index (χ0v) is 12.9. The summed E-state index contributed by atoms with van der Waals surface area (Å²) >= 11 is 0. The van der Waals surface area contributed by atoms with Gasteiger partial charge in [-0.1, -0.05) is 0 Å². The Kier molecular flexibility index (Phi) is 3.82. The molecule has 0 atom stereocenters. The van der Waals surface area contributed by atoms with Crippen molar-refractivity contribution in [2.75, 3.05) is 7.11 Å². The molecular formula is C10H18ClN3O3S. The van der Waals surface area contributed by atoms with Crippen LogP contribution in [0, 0.1) is 0 Å². The van der Waals surface area contributed by atoms with E-state index in [-0.39, 0.29) is 5.16 Å². The molecule has 6 nitrogen and oxygen atoms in total. The van der Waals surface area contributed by atoms with Gasteiger partial charge in [0.2, 0.25) is 0 Å². The topological polar surface area (TPSA) is 74.1 Å². The molecule has 0 N–H and O–H groups in total. The van der Waals surface area contributed by atoms with Gasteiger partial charge in [-0.25, -0.2) is 8.42 Å². The summed E-state index contributed by atoms with van der Waals surface area (Å²) in [6.07, 6.45) is 0. The maximum atomic E-state index is 11.5. The van der Waals surface area contributed by atoms with E-state index in [4.69, 9.17) is 15.4 Å². The molecule has 0 fully saturated rings. The van der Waals surface area contributed by atoms with E-state index in [2.05, 4.69) is 10.2 Å². The van der Waals surface area contributed by atoms with Gasteiger partial charge in [-0.15, -0.1) is 10.2 Å². The molecule has 0 saturated carbocycles. The second kappa shape index (κ2) is 4.47. The Labute approximate surface area is 112 Å². The quantitative estimate of drug-likeness (QED) is 0.796. The molecule has 1 heterocycles. The zero-order chi connectivity index (χ0) is 14.4. The van der Waals surface area contributed by atoms with Crippen molar-refractivity contribution < 1.29 is 13.2 Å². The number of methoxy groups -OCH3 is 1. The SMILES string of the molecule is COC(C)(C)c1nnc(S(=O)(=O)Cl)n1C(C)(C)C. The number of ether oxygens (including phenoxy) is 1. The van der Waals surface area contributed by atoms with Crippen LogP contribution in [0.1, 0.15) is 40.4 Å². The predicted octanol–water partition coefficient (Wildman–Crippen LogP) is 1.84. The highest BCUT2D eigenvalue weighted by molar-refractivity contribution is 8.13. The fourth-order valence-corrected chi connectivity index (χ4v) is 2.53. The first-order chi connectivity index (χ1) is 7.91. The first-order valence-corrected chi connectivity index (χ1v) is 7.68. The molecule has 8 heteroatoms. The van der Waals surface area contributed by atoms with E-state index in [1.54, 1.807) is 13.8 Å². The number of nitrogens with zero attached hydrogens (tertiary/aromatic N) is 3. The number of hydrogen-bond donors (Lipinski definition) is 0. The minimum absolute atomic E-state index is 0.267. The van der Waals surface area contributed by atoms with Crippen LogP contribution in [0.3, 0.4) is 0 Å². The van der Waals surface area contributed by atoms with Crippen LogP contribution in [0.4, 0.5) is 0 Å². The monoisotopic (exact) mass is 295 g/mol. The van der Waals surface area contributed by atoms with E-state index < -0.39 is 20.2 Å². The first kappa shape index (κ1) is 15.4. The minimum atomic E-state index is -3.96. The second-order valence-corrected chi connectivity index (χ2v) is 7.92. The van der Waals surface area contributed by atoms with Crippen LogP contribution in [0.25, 0.3) is 0 Å². The van der Waals surface area contributed by atoms with Gasteiger partial charge in [-0.05, 0) is 34.6 Å². The molecule has 0 radical (unpaired) electrons. The highest BCUT2D eigenvalue weighted by Crippen LogP contribution is 2.30. The lowest BCUT2D eigenvalue weighted by Crippen LogP contribution is -2.33. The Morgan fingerprint density at radius 3 is 2.00 bits per heavy atom. The van der Waals surface area contributed by atoms with Crippen LogP contribution in [-0.4, -0.2) is 30.3 Å². The van der Waals surface area contributed by atoms with E-state index in [0.29, 0.717) is 5.82 Å². The average molecular weight is 296 g/mol. The molecule has 1 aromatic rings. The molecule has 18 heavy (non-hydrogen) atoms. The third kappa shape index (κ3) is 2.84. The van der Waals surface area contributed by atoms with E-state index in [9.17, 15) is 8.42 Å². The number of hydrogen-bond acceptors (Lipinski definition) is 5. The summed E-state index contributed by atoms with van der Waals surface area (Å²) in [5.41, 5.74) is -1.30. The lowest BCUT2D eigenvalue weighted by atomic mass is 10.0. The van der Waals surface area contributed by atoms with Gasteiger partial charge < -0.3 is 4.74 Å². The van der Waals surface area contributed by atoms with Gasteiger partial charge >= 0.3 is 0 Å². The molecule has 0 amide bonds. The summed E-state index contributed by atoms with van der Waals surface area (Å²) < 4.78 is 29.9. The van der Waals surface area contributed by atoms with Crippen LogP contribution in [-0.2, 0) is 24.9 Å². The predicted molar refractivity (Wildman–Crippen MR) is 68.1 cm³/mol. The van der Waals surface area contributed by atoms with Crippen LogP contribution < -0.4 is 0 Å². The number of aromatic nitrogens is 3. The highest BCUT2D eigenvalue weighted by atomic mass is 35.7. The van der Waals surface area contributed by atoms with E-state index in [0.717, 1.165) is 0 Å². The Morgan fingerprint density at radius 2 is 1.67 bits per heavy atom. The van der Waals surface area contributed by atoms with Gasteiger partial charge in [0, 0.05) is 23.3 Å². The van der Waals surface area contributed by atoms with Crippen molar-refractivity contribution in [3.63, 3.8) is 0 Å². The average Bonchev–Trinajstić information content (AvgIpc) is 2.60. The number of halogens is 1. The van der Waals surface area contributed by atoms with E-state index in [1.165, 1.54) is 11.7 Å². The third-order valence-electron chi connectivity index (χ3n) is 2.57. The van der Waals surface area contributed by atoms with Crippen molar-refractivity contribution >= 4 is 19.7 Å². The Bertz CT molecular complexity index is 543. The Hall–Kier alpha value is -0.660. The Balaban J connectivity index is 3.64. The van der Waals surface area contributed by atoms with Crippen molar-refractivity contribution in [3.05, 3.63) is 5.82 Å². The summed E-state index contributed by atoms with van der Waals surface area (Å²) in [5, 5.41) is 7.33. The summed E-state index contributed by atoms with van der Waals surface area (Å²) in [4.78, 5) is 0. The molecule has 0 spiro atoms. The first-order valence-electron chi connectivity index (χ1n) is 5.37. The minimum Gasteiger partial charge on any atom is -0.371 e. The lowest BCUT2D eigenvalue weighted by Gasteiger charge is -2.29. The van der Waals surface area contributed by atoms with Gasteiger partial charge in [-0.2, -0.15) is 0 Å². The molecule has 0 aliphatic heterocycles. The van der Waals surface area contributed by atoms with Crippen LogP contribution in [0.5, 0.6) is 0 Å². The summed E-state index contributed by atoms with van der Waals surface area (Å²) in [7, 11) is 2.95. The standard InChI is InChI=1S/C10H18ClN3O3S/c1-9(2,3)14-7(10(4,5)17-6)12-13-8(14)18(11,15)16/h1-6H3. The largest absolute Gasteiger partial charge is 0.371 e. The summed E-state index contributed by atoms with van der Waals surface area (Å²) in [5.74, 6) is 0.414. The number of rotatable bonds is 3. The van der Waals surface area contributed by atoms with Crippen LogP contribution >= 0.6 is 10.7 Å². The van der Waals surface area contributed by atoms with Crippen molar-refractivity contribution in [1.82, 2.24) is 14.8 Å². The Morgan fingerprint density at radius 1 is 1.17 bits per heavy atom. The van der Waals surface area contributed by atoms with Crippen LogP contribution in [0.2, 0.25) is 0 Å². The van der Waals surface area contributed by atoms with E-state index >= 15 is 0 Å². The molecule has 0 saturated heterocycles. The maximum Gasteiger partial charge on any atom is 0.296 e. The molecule has 104 valence electrons. The molecule has 1 rings (SSSR count). The molecule has 0 aliphatic rings. The van der Waals surface area contributed by atoms with Crippen molar-refractivity contribution in [3.8, 4) is 0 Å². The lowest BCUT2D eigenvalue weighted by molar-refractivity contribution is 0.00456. The van der Waals surface area contributed by atoms with Gasteiger partial charge in [0.1, 0.15) is 5.60 Å². The summed E-state index contributed by atoms with van der Waals surface area (Å²) in [6, 6.07) is 0. The molecular weight excluding hydrogens is 278 g/mol. The van der Waals surface area contributed by atoms with E-state index in [1.807, 2.05) is 20.8 Å². The highest BCUT2D eigenvalue weighted by Gasteiger charge is 2.36. The molecule has 1 aromatic heterocycles. The molecule has 0 unspecified atom stereocenters. The smallest absolute Gasteiger partial charge is 0.296 e. The normalized spacial score (nSPS) is 13.9. The third-order valence-corrected chi connectivity index (χ3v) is 3.69. The second-order valence-electron chi connectivity index (χ2n) is 5.46. The van der Waals surface area contributed by atoms with Gasteiger partial charge in [0.25, 0.3) is 14.2 Å². The molecule has 0 bridgehead atoms. The molecule has 0 aromatic carbocycles. The fraction of sp³-hybridized carbons (Fsp3) is 0.800. The van der Waals surface area contributed by atoms with Crippen molar-refractivity contribution in [1.29, 1.82) is 0 Å². The summed E-state index contributed by atoms with van der Waals surface area (Å²) in [6.45, 7) is 9.10. The fourth-order valence-electron chi connectivity index (χ4n) is 1.51.